The fourth-order valence-electron chi connectivity index (χ4n) is 2.52. The Morgan fingerprint density at radius 1 is 1.38 bits per heavy atom. The molecule has 0 atom stereocenters. The molecule has 0 fully saturated rings. The molecule has 1 N–H and O–H groups in total. The van der Waals surface area contributed by atoms with Gasteiger partial charge in [-0.05, 0) is 36.8 Å². The first kappa shape index (κ1) is 16.4. The number of ether oxygens (including phenoxy) is 1. The first-order chi connectivity index (χ1) is 11.4. The van der Waals surface area contributed by atoms with Gasteiger partial charge in [0.15, 0.2) is 5.82 Å². The van der Waals surface area contributed by atoms with Crippen molar-refractivity contribution in [3.8, 4) is 0 Å². The van der Waals surface area contributed by atoms with Crippen LogP contribution in [-0.4, -0.2) is 22.6 Å². The molecule has 0 saturated carbocycles. The molecule has 3 aromatic rings. The topological polar surface area (TPSA) is 56.1 Å². The summed E-state index contributed by atoms with van der Waals surface area (Å²) in [6.45, 7) is 1.89. The number of fused-ring (bicyclic) bond motifs is 1. The third kappa shape index (κ3) is 2.75. The molecular formula is C17H15BrFN3O2. The Balaban J connectivity index is 2.21. The van der Waals surface area contributed by atoms with Gasteiger partial charge in [-0.2, -0.15) is 0 Å². The fraction of sp³-hybridized carbons (Fsp3) is 0.176. The molecule has 7 heteroatoms. The van der Waals surface area contributed by atoms with Crippen molar-refractivity contribution in [1.82, 2.24) is 9.55 Å². The van der Waals surface area contributed by atoms with Gasteiger partial charge in [-0.3, -0.25) is 0 Å². The average molecular weight is 392 g/mol. The van der Waals surface area contributed by atoms with Crippen LogP contribution in [0.2, 0.25) is 0 Å². The van der Waals surface area contributed by atoms with Gasteiger partial charge in [-0.1, -0.05) is 15.9 Å². The van der Waals surface area contributed by atoms with Crippen LogP contribution in [0.3, 0.4) is 0 Å². The van der Waals surface area contributed by atoms with E-state index < -0.39 is 11.8 Å². The monoisotopic (exact) mass is 391 g/mol. The average Bonchev–Trinajstić information content (AvgIpc) is 2.92. The van der Waals surface area contributed by atoms with E-state index in [0.717, 1.165) is 10.0 Å². The van der Waals surface area contributed by atoms with E-state index in [1.54, 1.807) is 17.7 Å². The molecule has 0 saturated heterocycles. The van der Waals surface area contributed by atoms with E-state index in [1.807, 2.05) is 25.1 Å². The molecule has 0 bridgehead atoms. The number of methoxy groups -OCH3 is 1. The molecule has 0 spiro atoms. The van der Waals surface area contributed by atoms with Gasteiger partial charge in [0.2, 0.25) is 0 Å². The number of esters is 1. The summed E-state index contributed by atoms with van der Waals surface area (Å²) < 4.78 is 22.4. The number of carbonyl (C=O) groups is 1. The number of hydrogen-bond acceptors (Lipinski definition) is 4. The molecule has 1 heterocycles. The maximum absolute atomic E-state index is 15.0. The van der Waals surface area contributed by atoms with E-state index in [0.29, 0.717) is 11.2 Å². The van der Waals surface area contributed by atoms with Crippen LogP contribution in [0.15, 0.2) is 35.1 Å². The molecule has 3 rings (SSSR count). The Hall–Kier alpha value is -2.41. The van der Waals surface area contributed by atoms with Crippen LogP contribution >= 0.6 is 15.9 Å². The molecule has 2 aromatic carbocycles. The molecule has 0 aliphatic rings. The number of nitrogens with zero attached hydrogens (tertiary/aromatic N) is 2. The lowest BCUT2D eigenvalue weighted by Crippen LogP contribution is -2.09. The summed E-state index contributed by atoms with van der Waals surface area (Å²) in [5.41, 5.74) is 2.48. The standard InChI is InChI=1S/C17H15BrFN3O2/c1-9-6-10(18)4-5-12(9)21-15-11(17(23)24-3)7-13-16(14(15)19)20-8-22(13)2/h4-8,21H,1-3H3. The number of hydrogen-bond donors (Lipinski definition) is 1. The predicted molar refractivity (Wildman–Crippen MR) is 94.2 cm³/mol. The predicted octanol–water partition coefficient (Wildman–Crippen LogP) is 4.31. The highest BCUT2D eigenvalue weighted by molar-refractivity contribution is 9.10. The number of halogens is 2. The van der Waals surface area contributed by atoms with E-state index in [-0.39, 0.29) is 16.8 Å². The smallest absolute Gasteiger partial charge is 0.340 e. The van der Waals surface area contributed by atoms with Crippen molar-refractivity contribution in [2.75, 3.05) is 12.4 Å². The van der Waals surface area contributed by atoms with Gasteiger partial charge in [0.05, 0.1) is 30.2 Å². The number of benzene rings is 2. The highest BCUT2D eigenvalue weighted by atomic mass is 79.9. The van der Waals surface area contributed by atoms with Crippen LogP contribution in [0, 0.1) is 12.7 Å². The van der Waals surface area contributed by atoms with Crippen molar-refractivity contribution in [2.24, 2.45) is 7.05 Å². The van der Waals surface area contributed by atoms with Crippen LogP contribution in [0.4, 0.5) is 15.8 Å². The van der Waals surface area contributed by atoms with Gasteiger partial charge < -0.3 is 14.6 Å². The van der Waals surface area contributed by atoms with Crippen molar-refractivity contribution in [3.05, 3.63) is 52.0 Å². The lowest BCUT2D eigenvalue weighted by molar-refractivity contribution is 0.0601. The van der Waals surface area contributed by atoms with E-state index >= 15 is 0 Å². The normalized spacial score (nSPS) is 10.9. The third-order valence-electron chi connectivity index (χ3n) is 3.81. The summed E-state index contributed by atoms with van der Waals surface area (Å²) in [5, 5.41) is 3.01. The van der Waals surface area contributed by atoms with Crippen LogP contribution in [-0.2, 0) is 11.8 Å². The lowest BCUT2D eigenvalue weighted by Gasteiger charge is -2.15. The van der Waals surface area contributed by atoms with E-state index in [4.69, 9.17) is 4.74 Å². The Labute approximate surface area is 146 Å². The first-order valence-corrected chi connectivity index (χ1v) is 7.96. The molecule has 0 amide bonds. The second kappa shape index (κ2) is 6.24. The molecular weight excluding hydrogens is 377 g/mol. The summed E-state index contributed by atoms with van der Waals surface area (Å²) in [4.78, 5) is 16.2. The molecule has 5 nitrogen and oxygen atoms in total. The largest absolute Gasteiger partial charge is 0.465 e. The number of anilines is 2. The van der Waals surface area contributed by atoms with Crippen molar-refractivity contribution >= 4 is 44.3 Å². The molecule has 0 unspecified atom stereocenters. The Morgan fingerprint density at radius 2 is 2.12 bits per heavy atom. The molecule has 24 heavy (non-hydrogen) atoms. The molecule has 124 valence electrons. The zero-order valence-electron chi connectivity index (χ0n) is 13.4. The summed E-state index contributed by atoms with van der Waals surface area (Å²) in [7, 11) is 3.00. The van der Waals surface area contributed by atoms with Gasteiger partial charge >= 0.3 is 5.97 Å². The minimum Gasteiger partial charge on any atom is -0.465 e. The minimum absolute atomic E-state index is 0.0541. The van der Waals surface area contributed by atoms with Gasteiger partial charge in [-0.15, -0.1) is 0 Å². The van der Waals surface area contributed by atoms with Gasteiger partial charge in [-0.25, -0.2) is 14.2 Å². The summed E-state index contributed by atoms with van der Waals surface area (Å²) in [6.07, 6.45) is 1.50. The van der Waals surface area contributed by atoms with E-state index in [9.17, 15) is 9.18 Å². The summed E-state index contributed by atoms with van der Waals surface area (Å²) >= 11 is 3.39. The van der Waals surface area contributed by atoms with Crippen molar-refractivity contribution < 1.29 is 13.9 Å². The van der Waals surface area contributed by atoms with E-state index in [1.165, 1.54) is 13.4 Å². The number of rotatable bonds is 3. The van der Waals surface area contributed by atoms with Crippen molar-refractivity contribution in [3.63, 3.8) is 0 Å². The van der Waals surface area contributed by atoms with E-state index in [2.05, 4.69) is 26.2 Å². The molecule has 0 aliphatic carbocycles. The van der Waals surface area contributed by atoms with Gasteiger partial charge in [0.1, 0.15) is 5.52 Å². The Morgan fingerprint density at radius 3 is 2.79 bits per heavy atom. The SMILES string of the molecule is COC(=O)c1cc2c(ncn2C)c(F)c1Nc1ccc(Br)cc1C. The number of carbonyl (C=O) groups excluding carboxylic acids is 1. The minimum atomic E-state index is -0.616. The van der Waals surface area contributed by atoms with Crippen LogP contribution in [0.25, 0.3) is 11.0 Å². The number of aryl methyl sites for hydroxylation is 2. The molecule has 1 aromatic heterocycles. The zero-order valence-corrected chi connectivity index (χ0v) is 14.9. The second-order valence-corrected chi connectivity index (χ2v) is 6.33. The summed E-state index contributed by atoms with van der Waals surface area (Å²) in [6, 6.07) is 7.12. The van der Waals surface area contributed by atoms with Gasteiger partial charge in [0.25, 0.3) is 0 Å². The quantitative estimate of drug-likeness (QED) is 0.675. The maximum atomic E-state index is 15.0. The highest BCUT2D eigenvalue weighted by Gasteiger charge is 2.22. The maximum Gasteiger partial charge on any atom is 0.340 e. The third-order valence-corrected chi connectivity index (χ3v) is 4.31. The first-order valence-electron chi connectivity index (χ1n) is 7.17. The molecule has 0 radical (unpaired) electrons. The van der Waals surface area contributed by atoms with Crippen LogP contribution in [0.1, 0.15) is 15.9 Å². The highest BCUT2D eigenvalue weighted by Crippen LogP contribution is 2.32. The fourth-order valence-corrected chi connectivity index (χ4v) is 3.00. The summed E-state index contributed by atoms with van der Waals surface area (Å²) in [5.74, 6) is -1.20. The van der Waals surface area contributed by atoms with Crippen LogP contribution < -0.4 is 5.32 Å². The van der Waals surface area contributed by atoms with Gasteiger partial charge in [0, 0.05) is 17.2 Å². The number of imidazole rings is 1. The zero-order chi connectivity index (χ0) is 17.4. The van der Waals surface area contributed by atoms with Crippen molar-refractivity contribution in [1.29, 1.82) is 0 Å². The molecule has 0 aliphatic heterocycles. The number of aromatic nitrogens is 2. The lowest BCUT2D eigenvalue weighted by atomic mass is 10.1. The second-order valence-electron chi connectivity index (χ2n) is 5.41. The van der Waals surface area contributed by atoms with Crippen molar-refractivity contribution in [2.45, 2.75) is 6.92 Å². The Kier molecular flexibility index (Phi) is 4.28. The Bertz CT molecular complexity index is 953. The number of nitrogens with one attached hydrogen (secondary N) is 1. The van der Waals surface area contributed by atoms with Crippen LogP contribution in [0.5, 0.6) is 0 Å².